The van der Waals surface area contributed by atoms with Gasteiger partial charge in [0.05, 0.1) is 18.2 Å². The van der Waals surface area contributed by atoms with E-state index in [2.05, 4.69) is 0 Å². The molecule has 1 unspecified atom stereocenters. The second-order valence-corrected chi connectivity index (χ2v) is 7.67. The van der Waals surface area contributed by atoms with Crippen LogP contribution in [0.4, 0.5) is 0 Å². The van der Waals surface area contributed by atoms with E-state index in [1.54, 1.807) is 6.92 Å². The first-order valence-corrected chi connectivity index (χ1v) is 10.7. The Balaban J connectivity index is 1.72. The predicted molar refractivity (Wildman–Crippen MR) is 124 cm³/mol. The quantitative estimate of drug-likeness (QED) is 0.419. The molecule has 0 aliphatic carbocycles. The van der Waals surface area contributed by atoms with Crippen LogP contribution in [0.2, 0.25) is 5.02 Å². The molecular weight excluding hydrogens is 442 g/mol. The van der Waals surface area contributed by atoms with Crippen LogP contribution in [-0.2, 0) is 16.0 Å². The molecule has 0 bridgehead atoms. The van der Waals surface area contributed by atoms with Crippen molar-refractivity contribution in [2.45, 2.75) is 25.9 Å². The molecule has 0 saturated heterocycles. The Labute approximate surface area is 197 Å². The van der Waals surface area contributed by atoms with Crippen LogP contribution in [0.15, 0.2) is 66.7 Å². The third kappa shape index (κ3) is 6.34. The second kappa shape index (κ2) is 11.2. The van der Waals surface area contributed by atoms with Crippen LogP contribution in [0.25, 0.3) is 11.1 Å². The fraction of sp³-hybridized carbons (Fsp3) is 0.192. The van der Waals surface area contributed by atoms with Gasteiger partial charge in [-0.3, -0.25) is 0 Å². The van der Waals surface area contributed by atoms with Crippen LogP contribution in [-0.4, -0.2) is 29.8 Å². The number of ether oxygens (including phenoxy) is 2. The molecule has 1 N–H and O–H groups in total. The summed E-state index contributed by atoms with van der Waals surface area (Å²) in [5.41, 5.74) is 3.28. The van der Waals surface area contributed by atoms with Gasteiger partial charge in [0.25, 0.3) is 0 Å². The predicted octanol–water partition coefficient (Wildman–Crippen LogP) is 5.52. The topological polar surface area (TPSA) is 96.6 Å². The maximum Gasteiger partial charge on any atom is 0.344 e. The van der Waals surface area contributed by atoms with E-state index in [1.807, 2.05) is 54.6 Å². The number of carboxylic acid groups (broad SMARTS) is 1. The Morgan fingerprint density at radius 2 is 1.67 bits per heavy atom. The van der Waals surface area contributed by atoms with Crippen LogP contribution in [0.5, 0.6) is 5.75 Å². The molecule has 0 aliphatic heterocycles. The maximum absolute atomic E-state index is 12.3. The van der Waals surface area contributed by atoms with Crippen molar-refractivity contribution in [2.24, 2.45) is 0 Å². The molecule has 3 aromatic rings. The molecule has 0 radical (unpaired) electrons. The summed E-state index contributed by atoms with van der Waals surface area (Å²) in [6.07, 6.45) is -0.525. The van der Waals surface area contributed by atoms with E-state index in [1.165, 1.54) is 18.2 Å². The summed E-state index contributed by atoms with van der Waals surface area (Å²) in [6, 6.07) is 21.5. The lowest BCUT2D eigenvalue weighted by Crippen LogP contribution is -2.28. The molecule has 6 nitrogen and oxygen atoms in total. The zero-order chi connectivity index (χ0) is 23.8. The fourth-order valence-corrected chi connectivity index (χ4v) is 3.39. The van der Waals surface area contributed by atoms with Gasteiger partial charge in [-0.25, -0.2) is 9.59 Å². The summed E-state index contributed by atoms with van der Waals surface area (Å²) in [5.74, 6) is -1.75. The minimum Gasteiger partial charge on any atom is -0.479 e. The molecule has 33 heavy (non-hydrogen) atoms. The summed E-state index contributed by atoms with van der Waals surface area (Å²) in [6.45, 7) is 1.80. The summed E-state index contributed by atoms with van der Waals surface area (Å²) in [7, 11) is 0. The molecule has 7 heteroatoms. The lowest BCUT2D eigenvalue weighted by molar-refractivity contribution is -0.145. The molecule has 0 amide bonds. The number of hydrogen-bond donors (Lipinski definition) is 1. The Hall–Kier alpha value is -3.82. The first kappa shape index (κ1) is 23.8. The minimum atomic E-state index is -1.18. The van der Waals surface area contributed by atoms with Crippen molar-refractivity contribution in [1.82, 2.24) is 0 Å². The van der Waals surface area contributed by atoms with E-state index < -0.39 is 18.0 Å². The SMILES string of the molecule is CCOC(=O)c1cc(C#N)ccc1OC(CCc1ccc(-c2ccc(Cl)cc2)cc1)C(=O)O. The van der Waals surface area contributed by atoms with Gasteiger partial charge in [0, 0.05) is 5.02 Å². The van der Waals surface area contributed by atoms with Gasteiger partial charge in [-0.05, 0) is 66.8 Å². The fourth-order valence-electron chi connectivity index (χ4n) is 3.26. The van der Waals surface area contributed by atoms with Crippen molar-refractivity contribution in [3.63, 3.8) is 0 Å². The highest BCUT2D eigenvalue weighted by molar-refractivity contribution is 6.30. The van der Waals surface area contributed by atoms with Crippen molar-refractivity contribution < 1.29 is 24.2 Å². The Morgan fingerprint density at radius 1 is 1.03 bits per heavy atom. The highest BCUT2D eigenvalue weighted by Crippen LogP contribution is 2.25. The van der Waals surface area contributed by atoms with Gasteiger partial charge in [-0.2, -0.15) is 5.26 Å². The molecule has 168 valence electrons. The minimum absolute atomic E-state index is 0.0227. The van der Waals surface area contributed by atoms with Crippen molar-refractivity contribution in [3.8, 4) is 22.9 Å². The van der Waals surface area contributed by atoms with Gasteiger partial charge >= 0.3 is 11.9 Å². The monoisotopic (exact) mass is 463 g/mol. The van der Waals surface area contributed by atoms with Gasteiger partial charge in [0.1, 0.15) is 11.3 Å². The highest BCUT2D eigenvalue weighted by atomic mass is 35.5. The number of halogens is 1. The number of nitrogens with zero attached hydrogens (tertiary/aromatic N) is 1. The Bertz CT molecular complexity index is 1170. The summed E-state index contributed by atoms with van der Waals surface area (Å²) >= 11 is 5.94. The lowest BCUT2D eigenvalue weighted by Gasteiger charge is -2.17. The largest absolute Gasteiger partial charge is 0.479 e. The van der Waals surface area contributed by atoms with Crippen LogP contribution in [0.1, 0.15) is 34.8 Å². The first-order valence-electron chi connectivity index (χ1n) is 10.4. The maximum atomic E-state index is 12.3. The van der Waals surface area contributed by atoms with Crippen LogP contribution < -0.4 is 4.74 Å². The van der Waals surface area contributed by atoms with Crippen molar-refractivity contribution >= 4 is 23.5 Å². The normalized spacial score (nSPS) is 11.3. The third-order valence-corrected chi connectivity index (χ3v) is 5.23. The van der Waals surface area contributed by atoms with E-state index in [0.717, 1.165) is 16.7 Å². The van der Waals surface area contributed by atoms with Crippen LogP contribution in [0, 0.1) is 11.3 Å². The summed E-state index contributed by atoms with van der Waals surface area (Å²) < 4.78 is 10.7. The van der Waals surface area contributed by atoms with Gasteiger partial charge in [-0.1, -0.05) is 48.0 Å². The molecule has 3 aromatic carbocycles. The number of hydrogen-bond acceptors (Lipinski definition) is 5. The van der Waals surface area contributed by atoms with E-state index >= 15 is 0 Å². The van der Waals surface area contributed by atoms with E-state index in [9.17, 15) is 14.7 Å². The zero-order valence-corrected chi connectivity index (χ0v) is 18.7. The van der Waals surface area contributed by atoms with Crippen LogP contribution in [0.3, 0.4) is 0 Å². The van der Waals surface area contributed by atoms with E-state index in [-0.39, 0.29) is 29.9 Å². The average molecular weight is 464 g/mol. The van der Waals surface area contributed by atoms with Gasteiger partial charge in [0.2, 0.25) is 0 Å². The number of carbonyl (C=O) groups excluding carboxylic acids is 1. The molecule has 0 aliphatic rings. The summed E-state index contributed by atoms with van der Waals surface area (Å²) in [5, 5.41) is 19.4. The lowest BCUT2D eigenvalue weighted by atomic mass is 10.0. The van der Waals surface area contributed by atoms with Gasteiger partial charge in [-0.15, -0.1) is 0 Å². The molecule has 0 spiro atoms. The number of esters is 1. The Morgan fingerprint density at radius 3 is 2.24 bits per heavy atom. The molecule has 0 aromatic heterocycles. The van der Waals surface area contributed by atoms with Crippen molar-refractivity contribution in [2.75, 3.05) is 6.61 Å². The standard InChI is InChI=1S/C26H22ClNO5/c1-2-32-26(31)22-15-18(16-28)6-13-23(22)33-24(25(29)30)14-5-17-3-7-19(8-4-17)20-9-11-21(27)12-10-20/h3-4,6-13,15,24H,2,5,14H2,1H3,(H,29,30). The number of carbonyl (C=O) groups is 2. The second-order valence-electron chi connectivity index (χ2n) is 7.23. The van der Waals surface area contributed by atoms with Crippen molar-refractivity contribution in [1.29, 1.82) is 5.26 Å². The molecular formula is C26H22ClNO5. The van der Waals surface area contributed by atoms with Crippen LogP contribution >= 0.6 is 11.6 Å². The first-order chi connectivity index (χ1) is 15.9. The van der Waals surface area contributed by atoms with Crippen molar-refractivity contribution in [3.05, 3.63) is 88.4 Å². The third-order valence-electron chi connectivity index (χ3n) is 4.98. The Kier molecular flexibility index (Phi) is 8.06. The number of benzene rings is 3. The molecule has 0 fully saturated rings. The average Bonchev–Trinajstić information content (AvgIpc) is 2.82. The number of aryl methyl sites for hydroxylation is 1. The number of nitriles is 1. The smallest absolute Gasteiger partial charge is 0.344 e. The molecule has 0 saturated carbocycles. The van der Waals surface area contributed by atoms with E-state index in [0.29, 0.717) is 11.4 Å². The number of rotatable bonds is 9. The van der Waals surface area contributed by atoms with Gasteiger partial charge < -0.3 is 14.6 Å². The highest BCUT2D eigenvalue weighted by Gasteiger charge is 2.23. The van der Waals surface area contributed by atoms with Gasteiger partial charge in [0.15, 0.2) is 6.10 Å². The molecule has 0 heterocycles. The molecule has 1 atom stereocenters. The molecule has 3 rings (SSSR count). The zero-order valence-electron chi connectivity index (χ0n) is 18.0. The number of carboxylic acids is 1. The number of aliphatic carboxylic acids is 1. The summed E-state index contributed by atoms with van der Waals surface area (Å²) in [4.78, 5) is 24.1. The van der Waals surface area contributed by atoms with E-state index in [4.69, 9.17) is 26.3 Å².